The minimum atomic E-state index is -0.483. The third kappa shape index (κ3) is 6.38. The van der Waals surface area contributed by atoms with Crippen LogP contribution in [0.15, 0.2) is 78.4 Å². The van der Waals surface area contributed by atoms with Crippen LogP contribution in [0.4, 0.5) is 11.4 Å². The molecule has 3 aromatic carbocycles. The maximum Gasteiger partial charge on any atom is 0.269 e. The Morgan fingerprint density at radius 2 is 1.84 bits per heavy atom. The van der Waals surface area contributed by atoms with Crippen molar-refractivity contribution in [2.24, 2.45) is 0 Å². The number of ether oxygens (including phenoxy) is 1. The monoisotopic (exact) mass is 525 g/mol. The highest BCUT2D eigenvalue weighted by Gasteiger charge is 2.10. The van der Waals surface area contributed by atoms with Gasteiger partial charge in [-0.05, 0) is 82.3 Å². The van der Waals surface area contributed by atoms with E-state index in [-0.39, 0.29) is 17.9 Å². The van der Waals surface area contributed by atoms with Crippen molar-refractivity contribution in [1.82, 2.24) is 0 Å². The molecular formula is C23H16IN3O4. The highest BCUT2D eigenvalue weighted by Crippen LogP contribution is 2.19. The Morgan fingerprint density at radius 1 is 1.13 bits per heavy atom. The van der Waals surface area contributed by atoms with Gasteiger partial charge < -0.3 is 10.1 Å². The molecule has 8 heteroatoms. The zero-order valence-electron chi connectivity index (χ0n) is 16.1. The Labute approximate surface area is 192 Å². The lowest BCUT2D eigenvalue weighted by molar-refractivity contribution is -0.384. The average molecular weight is 525 g/mol. The molecule has 3 aromatic rings. The van der Waals surface area contributed by atoms with Crippen molar-refractivity contribution in [2.75, 3.05) is 5.32 Å². The summed E-state index contributed by atoms with van der Waals surface area (Å²) in [4.78, 5) is 22.6. The second-order valence-corrected chi connectivity index (χ2v) is 7.66. The number of nitro benzene ring substituents is 1. The number of amides is 1. The number of hydrogen-bond acceptors (Lipinski definition) is 5. The number of nitro groups is 1. The number of carbonyl (C=O) groups is 1. The third-order valence-corrected chi connectivity index (χ3v) is 4.86. The van der Waals surface area contributed by atoms with Crippen LogP contribution >= 0.6 is 22.6 Å². The Morgan fingerprint density at radius 3 is 2.45 bits per heavy atom. The van der Waals surface area contributed by atoms with Gasteiger partial charge >= 0.3 is 0 Å². The Hall–Kier alpha value is -3.71. The molecule has 0 aliphatic carbocycles. The second kappa shape index (κ2) is 10.4. The summed E-state index contributed by atoms with van der Waals surface area (Å²) < 4.78 is 6.66. The van der Waals surface area contributed by atoms with Gasteiger partial charge in [-0.1, -0.05) is 18.2 Å². The van der Waals surface area contributed by atoms with Crippen molar-refractivity contribution in [3.8, 4) is 11.8 Å². The van der Waals surface area contributed by atoms with Gasteiger partial charge in [0.05, 0.1) is 4.92 Å². The van der Waals surface area contributed by atoms with Crippen molar-refractivity contribution in [1.29, 1.82) is 5.26 Å². The van der Waals surface area contributed by atoms with Crippen LogP contribution < -0.4 is 10.1 Å². The van der Waals surface area contributed by atoms with Crippen molar-refractivity contribution in [3.05, 3.63) is 103 Å². The number of anilines is 1. The first-order valence-corrected chi connectivity index (χ1v) is 10.2. The first-order valence-electron chi connectivity index (χ1n) is 9.09. The molecular weight excluding hydrogens is 509 g/mol. The predicted molar refractivity (Wildman–Crippen MR) is 125 cm³/mol. The van der Waals surface area contributed by atoms with Crippen molar-refractivity contribution in [2.45, 2.75) is 6.61 Å². The van der Waals surface area contributed by atoms with Gasteiger partial charge in [-0.25, -0.2) is 0 Å². The summed E-state index contributed by atoms with van der Waals surface area (Å²) in [6.45, 7) is 0.259. The Bertz CT molecular complexity index is 1170. The molecule has 0 radical (unpaired) electrons. The van der Waals surface area contributed by atoms with Crippen LogP contribution in [-0.4, -0.2) is 10.8 Å². The first-order chi connectivity index (χ1) is 14.9. The Balaban J connectivity index is 1.62. The molecule has 0 atom stereocenters. The highest BCUT2D eigenvalue weighted by molar-refractivity contribution is 14.1. The number of carbonyl (C=O) groups excluding carboxylic acids is 1. The molecule has 7 nitrogen and oxygen atoms in total. The molecule has 1 N–H and O–H groups in total. The lowest BCUT2D eigenvalue weighted by Crippen LogP contribution is -2.13. The molecule has 0 saturated heterocycles. The lowest BCUT2D eigenvalue weighted by Gasteiger charge is -2.07. The zero-order valence-corrected chi connectivity index (χ0v) is 18.3. The SMILES string of the molecule is N#C/C(=C\c1ccc(OCc2ccc([N+](=O)[O-])cc2)cc1)C(=O)Nc1cccc(I)c1. The number of nitrogens with zero attached hydrogens (tertiary/aromatic N) is 2. The first kappa shape index (κ1) is 22.0. The number of non-ortho nitro benzene ring substituents is 1. The summed E-state index contributed by atoms with van der Waals surface area (Å²) in [6, 6.07) is 22.3. The molecule has 3 rings (SSSR count). The van der Waals surface area contributed by atoms with E-state index in [2.05, 4.69) is 27.9 Å². The van der Waals surface area contributed by atoms with E-state index in [1.165, 1.54) is 18.2 Å². The minimum Gasteiger partial charge on any atom is -0.489 e. The van der Waals surface area contributed by atoms with Crippen LogP contribution in [0.25, 0.3) is 6.08 Å². The number of benzene rings is 3. The quantitative estimate of drug-likeness (QED) is 0.148. The standard InChI is InChI=1S/C23H16IN3O4/c24-19-2-1-3-20(13-19)26-23(28)18(14-25)12-16-6-10-22(11-7-16)31-15-17-4-8-21(9-5-17)27(29)30/h1-13H,15H2,(H,26,28)/b18-12+. The zero-order chi connectivity index (χ0) is 22.2. The maximum atomic E-state index is 12.4. The fourth-order valence-electron chi connectivity index (χ4n) is 2.62. The van der Waals surface area contributed by atoms with Crippen molar-refractivity contribution >= 4 is 45.9 Å². The fourth-order valence-corrected chi connectivity index (χ4v) is 3.16. The molecule has 154 valence electrons. The van der Waals surface area contributed by atoms with Gasteiger partial charge in [-0.3, -0.25) is 14.9 Å². The van der Waals surface area contributed by atoms with E-state index in [0.717, 1.165) is 9.13 Å². The van der Waals surface area contributed by atoms with E-state index < -0.39 is 10.8 Å². The summed E-state index contributed by atoms with van der Waals surface area (Å²) in [5, 5.41) is 22.8. The maximum absolute atomic E-state index is 12.4. The number of nitrogens with one attached hydrogen (secondary N) is 1. The van der Waals surface area contributed by atoms with Gasteiger partial charge in [0.15, 0.2) is 0 Å². The van der Waals surface area contributed by atoms with Crippen LogP contribution in [0.5, 0.6) is 5.75 Å². The van der Waals surface area contributed by atoms with Crippen LogP contribution in [0.1, 0.15) is 11.1 Å². The minimum absolute atomic E-state index is 0.0154. The Kier molecular flexibility index (Phi) is 7.35. The van der Waals surface area contributed by atoms with E-state index in [9.17, 15) is 20.2 Å². The van der Waals surface area contributed by atoms with E-state index in [1.54, 1.807) is 42.5 Å². The molecule has 1 amide bonds. The molecule has 0 bridgehead atoms. The van der Waals surface area contributed by atoms with Gasteiger partial charge in [-0.2, -0.15) is 5.26 Å². The average Bonchev–Trinajstić information content (AvgIpc) is 2.77. The summed E-state index contributed by atoms with van der Waals surface area (Å²) in [7, 11) is 0. The highest BCUT2D eigenvalue weighted by atomic mass is 127. The normalized spacial score (nSPS) is 10.8. The summed E-state index contributed by atoms with van der Waals surface area (Å²) >= 11 is 2.14. The predicted octanol–water partition coefficient (Wildman–Crippen LogP) is 5.32. The molecule has 31 heavy (non-hydrogen) atoms. The molecule has 0 fully saturated rings. The van der Waals surface area contributed by atoms with Crippen LogP contribution in [0.2, 0.25) is 0 Å². The fraction of sp³-hybridized carbons (Fsp3) is 0.0435. The number of rotatable bonds is 7. The molecule has 0 unspecified atom stereocenters. The van der Waals surface area contributed by atoms with E-state index in [0.29, 0.717) is 17.0 Å². The molecule has 0 aliphatic heterocycles. The molecule has 0 saturated carbocycles. The number of hydrogen-bond donors (Lipinski definition) is 1. The van der Waals surface area contributed by atoms with Crippen molar-refractivity contribution in [3.63, 3.8) is 0 Å². The third-order valence-electron chi connectivity index (χ3n) is 4.19. The second-order valence-electron chi connectivity index (χ2n) is 6.42. The number of halogens is 1. The van der Waals surface area contributed by atoms with Crippen molar-refractivity contribution < 1.29 is 14.5 Å². The smallest absolute Gasteiger partial charge is 0.269 e. The largest absolute Gasteiger partial charge is 0.489 e. The molecule has 0 spiro atoms. The number of nitriles is 1. The molecule has 0 aliphatic rings. The van der Waals surface area contributed by atoms with Crippen LogP contribution in [-0.2, 0) is 11.4 Å². The van der Waals surface area contributed by atoms with Gasteiger partial charge in [-0.15, -0.1) is 0 Å². The van der Waals surface area contributed by atoms with Crippen LogP contribution in [0, 0.1) is 25.0 Å². The van der Waals surface area contributed by atoms with Gasteiger partial charge in [0.25, 0.3) is 11.6 Å². The molecule has 0 aromatic heterocycles. The summed E-state index contributed by atoms with van der Waals surface area (Å²) in [5.41, 5.74) is 2.11. The van der Waals surface area contributed by atoms with Crippen LogP contribution in [0.3, 0.4) is 0 Å². The van der Waals surface area contributed by atoms with Gasteiger partial charge in [0.1, 0.15) is 24.0 Å². The van der Waals surface area contributed by atoms with E-state index >= 15 is 0 Å². The topological polar surface area (TPSA) is 105 Å². The summed E-state index contributed by atoms with van der Waals surface area (Å²) in [5.74, 6) is 0.111. The van der Waals surface area contributed by atoms with Gasteiger partial charge in [0, 0.05) is 21.4 Å². The van der Waals surface area contributed by atoms with Gasteiger partial charge in [0.2, 0.25) is 0 Å². The molecule has 0 heterocycles. The van der Waals surface area contributed by atoms with E-state index in [4.69, 9.17) is 4.74 Å². The van der Waals surface area contributed by atoms with E-state index in [1.807, 2.05) is 24.3 Å². The lowest BCUT2D eigenvalue weighted by atomic mass is 10.1. The summed E-state index contributed by atoms with van der Waals surface area (Å²) in [6.07, 6.45) is 1.50.